The van der Waals surface area contributed by atoms with Gasteiger partial charge in [0.25, 0.3) is 0 Å². The lowest BCUT2D eigenvalue weighted by molar-refractivity contribution is -0.126. The highest BCUT2D eigenvalue weighted by atomic mass is 35.5. The molecule has 1 atom stereocenters. The third kappa shape index (κ3) is 5.94. The number of halogens is 3. The Morgan fingerprint density at radius 1 is 1.32 bits per heavy atom. The Balaban J connectivity index is 0.00000242. The van der Waals surface area contributed by atoms with Crippen molar-refractivity contribution in [3.63, 3.8) is 0 Å². The first kappa shape index (κ1) is 19.5. The van der Waals surface area contributed by atoms with Crippen molar-refractivity contribution >= 4 is 41.5 Å². The molecule has 0 radical (unpaired) electrons. The second-order valence-corrected chi connectivity index (χ2v) is 6.30. The molecule has 124 valence electrons. The molecule has 1 unspecified atom stereocenters. The van der Waals surface area contributed by atoms with Crippen LogP contribution in [0.4, 0.5) is 0 Å². The van der Waals surface area contributed by atoms with Crippen molar-refractivity contribution in [1.82, 2.24) is 10.2 Å². The SMILES string of the molecule is Cl.NCCNC(=O)C1CCCN(Cc2cc(Cl)cc(Cl)c2)C1. The summed E-state index contributed by atoms with van der Waals surface area (Å²) in [6.45, 7) is 3.54. The van der Waals surface area contributed by atoms with Gasteiger partial charge >= 0.3 is 0 Å². The van der Waals surface area contributed by atoms with Gasteiger partial charge in [-0.25, -0.2) is 0 Å². The Labute approximate surface area is 147 Å². The molecule has 0 aromatic heterocycles. The number of hydrogen-bond acceptors (Lipinski definition) is 3. The number of benzene rings is 1. The van der Waals surface area contributed by atoms with Gasteiger partial charge in [0.1, 0.15) is 0 Å². The Kier molecular flexibility index (Phi) is 8.50. The second-order valence-electron chi connectivity index (χ2n) is 5.43. The van der Waals surface area contributed by atoms with Gasteiger partial charge in [-0.05, 0) is 43.1 Å². The second kappa shape index (κ2) is 9.58. The van der Waals surface area contributed by atoms with Crippen molar-refractivity contribution in [3.05, 3.63) is 33.8 Å². The maximum atomic E-state index is 12.0. The molecular formula is C15H22Cl3N3O. The van der Waals surface area contributed by atoms with E-state index in [4.69, 9.17) is 28.9 Å². The summed E-state index contributed by atoms with van der Waals surface area (Å²) in [6.07, 6.45) is 1.96. The van der Waals surface area contributed by atoms with Crippen LogP contribution in [0.2, 0.25) is 10.0 Å². The molecule has 0 spiro atoms. The van der Waals surface area contributed by atoms with Gasteiger partial charge in [-0.2, -0.15) is 0 Å². The van der Waals surface area contributed by atoms with Gasteiger partial charge in [0.15, 0.2) is 0 Å². The van der Waals surface area contributed by atoms with Crippen LogP contribution in [0.25, 0.3) is 0 Å². The molecule has 1 saturated heterocycles. The van der Waals surface area contributed by atoms with Gasteiger partial charge in [0, 0.05) is 36.2 Å². The molecule has 7 heteroatoms. The molecule has 0 aliphatic carbocycles. The molecule has 1 aromatic carbocycles. The molecule has 1 aromatic rings. The summed E-state index contributed by atoms with van der Waals surface area (Å²) in [5.41, 5.74) is 6.49. The summed E-state index contributed by atoms with van der Waals surface area (Å²) in [6, 6.07) is 5.57. The normalized spacial score (nSPS) is 18.6. The summed E-state index contributed by atoms with van der Waals surface area (Å²) in [5.74, 6) is 0.147. The molecule has 2 rings (SSSR count). The first-order valence-corrected chi connectivity index (χ1v) is 7.99. The number of amides is 1. The van der Waals surface area contributed by atoms with Crippen LogP contribution < -0.4 is 11.1 Å². The summed E-state index contributed by atoms with van der Waals surface area (Å²) >= 11 is 12.1. The van der Waals surface area contributed by atoms with Gasteiger partial charge < -0.3 is 11.1 Å². The summed E-state index contributed by atoms with van der Waals surface area (Å²) < 4.78 is 0. The highest BCUT2D eigenvalue weighted by molar-refractivity contribution is 6.34. The fourth-order valence-corrected chi connectivity index (χ4v) is 3.28. The predicted octanol–water partition coefficient (Wildman–Crippen LogP) is 2.70. The number of piperidine rings is 1. The molecule has 1 fully saturated rings. The number of hydrogen-bond donors (Lipinski definition) is 2. The lowest BCUT2D eigenvalue weighted by atomic mass is 9.96. The van der Waals surface area contributed by atoms with Crippen LogP contribution >= 0.6 is 35.6 Å². The van der Waals surface area contributed by atoms with E-state index in [0.717, 1.165) is 38.0 Å². The number of nitrogens with zero attached hydrogens (tertiary/aromatic N) is 1. The van der Waals surface area contributed by atoms with E-state index >= 15 is 0 Å². The molecule has 1 aliphatic heterocycles. The third-order valence-corrected chi connectivity index (χ3v) is 4.08. The van der Waals surface area contributed by atoms with Crippen molar-refractivity contribution in [3.8, 4) is 0 Å². The lowest BCUT2D eigenvalue weighted by Crippen LogP contribution is -2.43. The fraction of sp³-hybridized carbons (Fsp3) is 0.533. The molecule has 0 bridgehead atoms. The minimum absolute atomic E-state index is 0. The van der Waals surface area contributed by atoms with Gasteiger partial charge in [-0.15, -0.1) is 12.4 Å². The van der Waals surface area contributed by atoms with E-state index in [-0.39, 0.29) is 24.2 Å². The van der Waals surface area contributed by atoms with E-state index in [1.165, 1.54) is 0 Å². The monoisotopic (exact) mass is 365 g/mol. The molecule has 1 heterocycles. The lowest BCUT2D eigenvalue weighted by Gasteiger charge is -2.32. The molecule has 0 saturated carbocycles. The van der Waals surface area contributed by atoms with Crippen LogP contribution in [-0.2, 0) is 11.3 Å². The van der Waals surface area contributed by atoms with E-state index in [9.17, 15) is 4.79 Å². The minimum atomic E-state index is 0. The average molecular weight is 367 g/mol. The zero-order chi connectivity index (χ0) is 15.2. The highest BCUT2D eigenvalue weighted by Gasteiger charge is 2.25. The number of likely N-dealkylation sites (tertiary alicyclic amines) is 1. The van der Waals surface area contributed by atoms with E-state index < -0.39 is 0 Å². The maximum Gasteiger partial charge on any atom is 0.224 e. The van der Waals surface area contributed by atoms with Crippen molar-refractivity contribution in [1.29, 1.82) is 0 Å². The minimum Gasteiger partial charge on any atom is -0.355 e. The van der Waals surface area contributed by atoms with Crippen LogP contribution in [0, 0.1) is 5.92 Å². The van der Waals surface area contributed by atoms with Gasteiger partial charge in [-0.3, -0.25) is 9.69 Å². The molecule has 4 nitrogen and oxygen atoms in total. The maximum absolute atomic E-state index is 12.0. The zero-order valence-electron chi connectivity index (χ0n) is 12.4. The topological polar surface area (TPSA) is 58.4 Å². The van der Waals surface area contributed by atoms with E-state index in [1.807, 2.05) is 12.1 Å². The number of nitrogens with two attached hydrogens (primary N) is 1. The van der Waals surface area contributed by atoms with E-state index in [2.05, 4.69) is 10.2 Å². The number of nitrogens with one attached hydrogen (secondary N) is 1. The van der Waals surface area contributed by atoms with E-state index in [1.54, 1.807) is 6.07 Å². The largest absolute Gasteiger partial charge is 0.355 e. The van der Waals surface area contributed by atoms with Crippen LogP contribution in [0.1, 0.15) is 18.4 Å². The van der Waals surface area contributed by atoms with Crippen molar-refractivity contribution in [2.45, 2.75) is 19.4 Å². The summed E-state index contributed by atoms with van der Waals surface area (Å²) in [4.78, 5) is 14.3. The molecule has 1 amide bonds. The predicted molar refractivity (Wildman–Crippen MR) is 93.8 cm³/mol. The van der Waals surface area contributed by atoms with Crippen molar-refractivity contribution in [2.75, 3.05) is 26.2 Å². The quantitative estimate of drug-likeness (QED) is 0.842. The van der Waals surface area contributed by atoms with Crippen LogP contribution in [-0.4, -0.2) is 37.0 Å². The molecule has 3 N–H and O–H groups in total. The standard InChI is InChI=1S/C15H21Cl2N3O.ClH/c16-13-6-11(7-14(17)8-13)9-20-5-1-2-12(10-20)15(21)19-4-3-18;/h6-8,12H,1-5,9-10,18H2,(H,19,21);1H. The van der Waals surface area contributed by atoms with Crippen molar-refractivity contribution < 1.29 is 4.79 Å². The van der Waals surface area contributed by atoms with Crippen LogP contribution in [0.5, 0.6) is 0 Å². The third-order valence-electron chi connectivity index (χ3n) is 3.65. The Morgan fingerprint density at radius 2 is 2.00 bits per heavy atom. The van der Waals surface area contributed by atoms with Crippen molar-refractivity contribution in [2.24, 2.45) is 11.7 Å². The van der Waals surface area contributed by atoms with Gasteiger partial charge in [-0.1, -0.05) is 23.2 Å². The summed E-state index contributed by atoms with van der Waals surface area (Å²) in [5, 5.41) is 4.16. The molecule has 1 aliphatic rings. The Morgan fingerprint density at radius 3 is 2.64 bits per heavy atom. The molecular weight excluding hydrogens is 345 g/mol. The number of carbonyl (C=O) groups excluding carboxylic acids is 1. The average Bonchev–Trinajstić information content (AvgIpc) is 2.44. The van der Waals surface area contributed by atoms with Gasteiger partial charge in [0.05, 0.1) is 5.92 Å². The van der Waals surface area contributed by atoms with Crippen LogP contribution in [0.3, 0.4) is 0 Å². The zero-order valence-corrected chi connectivity index (χ0v) is 14.7. The first-order chi connectivity index (χ1) is 10.1. The Hall–Kier alpha value is -0.520. The number of rotatable bonds is 5. The first-order valence-electron chi connectivity index (χ1n) is 7.23. The highest BCUT2D eigenvalue weighted by Crippen LogP contribution is 2.23. The van der Waals surface area contributed by atoms with Gasteiger partial charge in [0.2, 0.25) is 5.91 Å². The number of carbonyl (C=O) groups is 1. The smallest absolute Gasteiger partial charge is 0.224 e. The van der Waals surface area contributed by atoms with Crippen LogP contribution in [0.15, 0.2) is 18.2 Å². The molecule has 22 heavy (non-hydrogen) atoms. The Bertz CT molecular complexity index is 479. The summed E-state index contributed by atoms with van der Waals surface area (Å²) in [7, 11) is 0. The fourth-order valence-electron chi connectivity index (χ4n) is 2.71. The van der Waals surface area contributed by atoms with E-state index in [0.29, 0.717) is 23.1 Å².